The van der Waals surface area contributed by atoms with Crippen LogP contribution in [0.25, 0.3) is 0 Å². The molecule has 0 bridgehead atoms. The van der Waals surface area contributed by atoms with Gasteiger partial charge in [0.15, 0.2) is 0 Å². The molecule has 3 amide bonds. The molecule has 0 heterocycles. The maximum Gasteiger partial charge on any atom is 0.408 e. The van der Waals surface area contributed by atoms with Crippen molar-refractivity contribution >= 4 is 17.9 Å². The number of nitrogens with one attached hydrogen (secondary N) is 2. The molecule has 1 aromatic carbocycles. The number of hydrogen-bond acceptors (Lipinski definition) is 4. The second-order valence-corrected chi connectivity index (χ2v) is 9.34. The van der Waals surface area contributed by atoms with E-state index in [1.165, 1.54) is 0 Å². The monoisotopic (exact) mass is 467 g/mol. The second-order valence-electron chi connectivity index (χ2n) is 9.34. The molecule has 7 nitrogen and oxygen atoms in total. The third-order valence-corrected chi connectivity index (χ3v) is 4.98. The summed E-state index contributed by atoms with van der Waals surface area (Å²) in [6, 6.07) is 7.02. The SMILES string of the molecule is C#Cc1ccccc1C(C(=O)NCCCCC)N(C#C)C(=O)C(NC(=O)OC(C)(C)C)C(C)C. The summed E-state index contributed by atoms with van der Waals surface area (Å²) < 4.78 is 5.31. The molecule has 7 heteroatoms. The zero-order valence-corrected chi connectivity index (χ0v) is 21.1. The van der Waals surface area contributed by atoms with Crippen LogP contribution in [-0.2, 0) is 14.3 Å². The molecule has 0 fully saturated rings. The fourth-order valence-corrected chi connectivity index (χ4v) is 3.31. The number of carbonyl (C=O) groups excluding carboxylic acids is 3. The summed E-state index contributed by atoms with van der Waals surface area (Å²) in [7, 11) is 0. The normalized spacial score (nSPS) is 12.6. The maximum absolute atomic E-state index is 13.6. The number of hydrogen-bond donors (Lipinski definition) is 2. The average molecular weight is 468 g/mol. The van der Waals surface area contributed by atoms with Crippen molar-refractivity contribution in [1.29, 1.82) is 0 Å². The Labute approximate surface area is 204 Å². The van der Waals surface area contributed by atoms with Gasteiger partial charge in [-0.3, -0.25) is 14.5 Å². The average Bonchev–Trinajstić information content (AvgIpc) is 2.76. The van der Waals surface area contributed by atoms with Gasteiger partial charge in [0.1, 0.15) is 17.7 Å². The van der Waals surface area contributed by atoms with Crippen LogP contribution in [0.1, 0.15) is 78.0 Å². The fraction of sp³-hybridized carbons (Fsp3) is 0.519. The van der Waals surface area contributed by atoms with E-state index >= 15 is 0 Å². The number of carbonyl (C=O) groups is 3. The first-order valence-electron chi connectivity index (χ1n) is 11.6. The summed E-state index contributed by atoms with van der Waals surface area (Å²) in [5.41, 5.74) is 0.141. The highest BCUT2D eigenvalue weighted by Gasteiger charge is 2.37. The van der Waals surface area contributed by atoms with Crippen LogP contribution in [0.2, 0.25) is 0 Å². The van der Waals surface area contributed by atoms with E-state index in [4.69, 9.17) is 17.6 Å². The number of nitrogens with zero attached hydrogens (tertiary/aromatic N) is 1. The molecule has 184 valence electrons. The number of ether oxygens (including phenoxy) is 1. The minimum Gasteiger partial charge on any atom is -0.444 e. The molecule has 34 heavy (non-hydrogen) atoms. The maximum atomic E-state index is 13.6. The van der Waals surface area contributed by atoms with Gasteiger partial charge in [0, 0.05) is 23.7 Å². The van der Waals surface area contributed by atoms with Crippen molar-refractivity contribution in [2.24, 2.45) is 5.92 Å². The number of benzene rings is 1. The van der Waals surface area contributed by atoms with E-state index < -0.39 is 35.6 Å². The Morgan fingerprint density at radius 2 is 1.76 bits per heavy atom. The Morgan fingerprint density at radius 1 is 1.12 bits per heavy atom. The quantitative estimate of drug-likeness (QED) is 0.309. The molecule has 0 aromatic heterocycles. The molecule has 1 rings (SSSR count). The van der Waals surface area contributed by atoms with Gasteiger partial charge in [-0.25, -0.2) is 4.79 Å². The lowest BCUT2D eigenvalue weighted by Gasteiger charge is -2.32. The highest BCUT2D eigenvalue weighted by molar-refractivity contribution is 5.93. The van der Waals surface area contributed by atoms with Crippen molar-refractivity contribution in [3.8, 4) is 24.8 Å². The van der Waals surface area contributed by atoms with Crippen LogP contribution in [0.5, 0.6) is 0 Å². The van der Waals surface area contributed by atoms with Crippen molar-refractivity contribution in [3.05, 3.63) is 35.4 Å². The first-order chi connectivity index (χ1) is 16.0. The second kappa shape index (κ2) is 13.3. The Hall–Kier alpha value is -3.45. The van der Waals surface area contributed by atoms with E-state index in [0.29, 0.717) is 17.7 Å². The largest absolute Gasteiger partial charge is 0.444 e. The number of amides is 3. The molecule has 2 atom stereocenters. The Bertz CT molecular complexity index is 934. The van der Waals surface area contributed by atoms with E-state index in [0.717, 1.165) is 24.2 Å². The van der Waals surface area contributed by atoms with E-state index in [1.54, 1.807) is 58.9 Å². The summed E-state index contributed by atoms with van der Waals surface area (Å²) in [5, 5.41) is 5.47. The van der Waals surface area contributed by atoms with Crippen LogP contribution in [0.4, 0.5) is 4.79 Å². The highest BCUT2D eigenvalue weighted by atomic mass is 16.6. The number of unbranched alkanes of at least 4 members (excludes halogenated alkanes) is 2. The topological polar surface area (TPSA) is 87.7 Å². The highest BCUT2D eigenvalue weighted by Crippen LogP contribution is 2.26. The van der Waals surface area contributed by atoms with E-state index in [1.807, 2.05) is 0 Å². The Balaban J connectivity index is 3.36. The van der Waals surface area contributed by atoms with Crippen LogP contribution < -0.4 is 10.6 Å². The molecule has 0 spiro atoms. The molecular weight excluding hydrogens is 430 g/mol. The molecule has 2 N–H and O–H groups in total. The summed E-state index contributed by atoms with van der Waals surface area (Å²) >= 11 is 0. The van der Waals surface area contributed by atoms with Gasteiger partial charge < -0.3 is 15.4 Å². The molecule has 0 aliphatic carbocycles. The van der Waals surface area contributed by atoms with Gasteiger partial charge in [0.2, 0.25) is 5.91 Å². The number of terminal acetylenes is 2. The first kappa shape index (κ1) is 28.6. The lowest BCUT2D eigenvalue weighted by Crippen LogP contribution is -2.53. The van der Waals surface area contributed by atoms with Gasteiger partial charge in [0.25, 0.3) is 5.91 Å². The van der Waals surface area contributed by atoms with Crippen molar-refractivity contribution in [2.45, 2.75) is 78.5 Å². The summed E-state index contributed by atoms with van der Waals surface area (Å²) in [6.07, 6.45) is 13.4. The molecule has 1 aromatic rings. The molecule has 0 saturated heterocycles. The molecular formula is C27H37N3O4. The molecule has 0 radical (unpaired) electrons. The minimum atomic E-state index is -1.16. The molecule has 0 aliphatic heterocycles. The third kappa shape index (κ3) is 8.48. The van der Waals surface area contributed by atoms with Crippen molar-refractivity contribution in [1.82, 2.24) is 15.5 Å². The predicted octanol–water partition coefficient (Wildman–Crippen LogP) is 3.98. The standard InChI is InChI=1S/C27H37N3O4/c1-9-12-15-18-28-24(31)23(21-17-14-13-16-20(21)10-2)30(11-3)25(32)22(19(4)5)29-26(33)34-27(6,7)8/h2-3,13-14,16-17,19,22-23H,9,12,15,18H2,1,4-8H3,(H,28,31)(H,29,33). The zero-order chi connectivity index (χ0) is 25.9. The van der Waals surface area contributed by atoms with Crippen LogP contribution in [0, 0.1) is 30.7 Å². The lowest BCUT2D eigenvalue weighted by atomic mass is 9.96. The van der Waals surface area contributed by atoms with Crippen LogP contribution in [0.15, 0.2) is 24.3 Å². The van der Waals surface area contributed by atoms with Gasteiger partial charge in [-0.05, 0) is 39.2 Å². The Kier molecular flexibility index (Phi) is 11.2. The van der Waals surface area contributed by atoms with Gasteiger partial charge in [-0.15, -0.1) is 6.42 Å². The van der Waals surface area contributed by atoms with Gasteiger partial charge >= 0.3 is 6.09 Å². The van der Waals surface area contributed by atoms with E-state index in [2.05, 4.69) is 29.5 Å². The smallest absolute Gasteiger partial charge is 0.408 e. The van der Waals surface area contributed by atoms with E-state index in [-0.39, 0.29) is 5.92 Å². The summed E-state index contributed by atoms with van der Waals surface area (Å²) in [6.45, 7) is 11.2. The predicted molar refractivity (Wildman–Crippen MR) is 133 cm³/mol. The van der Waals surface area contributed by atoms with Crippen LogP contribution in [-0.4, -0.2) is 41.0 Å². The lowest BCUT2D eigenvalue weighted by molar-refractivity contribution is -0.139. The third-order valence-electron chi connectivity index (χ3n) is 4.98. The van der Waals surface area contributed by atoms with Crippen LogP contribution in [0.3, 0.4) is 0 Å². The molecule has 2 unspecified atom stereocenters. The van der Waals surface area contributed by atoms with Crippen LogP contribution >= 0.6 is 0 Å². The van der Waals surface area contributed by atoms with Gasteiger partial charge in [-0.2, -0.15) is 0 Å². The summed E-state index contributed by atoms with van der Waals surface area (Å²) in [4.78, 5) is 40.3. The van der Waals surface area contributed by atoms with Gasteiger partial charge in [-0.1, -0.05) is 64.2 Å². The van der Waals surface area contributed by atoms with Gasteiger partial charge in [0.05, 0.1) is 0 Å². The molecule has 0 aliphatic rings. The Morgan fingerprint density at radius 3 is 2.29 bits per heavy atom. The number of rotatable bonds is 10. The van der Waals surface area contributed by atoms with Crippen molar-refractivity contribution < 1.29 is 19.1 Å². The van der Waals surface area contributed by atoms with Crippen molar-refractivity contribution in [3.63, 3.8) is 0 Å². The zero-order valence-electron chi connectivity index (χ0n) is 21.1. The first-order valence-corrected chi connectivity index (χ1v) is 11.6. The fourth-order valence-electron chi connectivity index (χ4n) is 3.31. The minimum absolute atomic E-state index is 0.327. The summed E-state index contributed by atoms with van der Waals surface area (Å²) in [5.74, 6) is 1.18. The molecule has 0 saturated carbocycles. The number of alkyl carbamates (subject to hydrolysis) is 1. The van der Waals surface area contributed by atoms with Crippen molar-refractivity contribution in [2.75, 3.05) is 6.54 Å². The van der Waals surface area contributed by atoms with E-state index in [9.17, 15) is 14.4 Å².